The Balaban J connectivity index is 2.55. The molecule has 0 aliphatic heterocycles. The average Bonchev–Trinajstić information content (AvgIpc) is 2.36. The summed E-state index contributed by atoms with van der Waals surface area (Å²) in [6.07, 6.45) is 0.933. The van der Waals surface area contributed by atoms with Gasteiger partial charge in [0.1, 0.15) is 0 Å². The van der Waals surface area contributed by atoms with Crippen molar-refractivity contribution in [2.75, 3.05) is 19.3 Å². The maximum atomic E-state index is 11.3. The lowest BCUT2D eigenvalue weighted by Gasteiger charge is -2.17. The minimum absolute atomic E-state index is 0.103. The number of sulfonamides is 1. The second-order valence-corrected chi connectivity index (χ2v) is 6.39. The maximum absolute atomic E-state index is 11.3. The SMILES string of the molecule is CCC(NCCS(=O)(=O)NC)c1ccc(C)cc1. The molecule has 0 aliphatic carbocycles. The number of benzene rings is 1. The predicted molar refractivity (Wildman–Crippen MR) is 75.1 cm³/mol. The lowest BCUT2D eigenvalue weighted by atomic mass is 10.0. The fourth-order valence-electron chi connectivity index (χ4n) is 1.77. The van der Waals surface area contributed by atoms with Crippen molar-refractivity contribution in [2.45, 2.75) is 26.3 Å². The molecule has 0 saturated carbocycles. The minimum atomic E-state index is -3.12. The van der Waals surface area contributed by atoms with Crippen LogP contribution in [-0.2, 0) is 10.0 Å². The predicted octanol–water partition coefficient (Wildman–Crippen LogP) is 1.58. The smallest absolute Gasteiger partial charge is 0.212 e. The third-order valence-electron chi connectivity index (χ3n) is 2.96. The Kier molecular flexibility index (Phi) is 5.78. The molecular weight excluding hydrogens is 248 g/mol. The highest BCUT2D eigenvalue weighted by Gasteiger charge is 2.11. The van der Waals surface area contributed by atoms with Gasteiger partial charge in [0, 0.05) is 12.6 Å². The van der Waals surface area contributed by atoms with Crippen molar-refractivity contribution in [3.8, 4) is 0 Å². The molecule has 18 heavy (non-hydrogen) atoms. The van der Waals surface area contributed by atoms with E-state index in [1.165, 1.54) is 18.2 Å². The molecule has 2 N–H and O–H groups in total. The fraction of sp³-hybridized carbons (Fsp3) is 0.538. The summed E-state index contributed by atoms with van der Waals surface area (Å²) in [4.78, 5) is 0. The van der Waals surface area contributed by atoms with E-state index in [4.69, 9.17) is 0 Å². The van der Waals surface area contributed by atoms with Crippen LogP contribution in [0.15, 0.2) is 24.3 Å². The summed E-state index contributed by atoms with van der Waals surface area (Å²) in [6.45, 7) is 4.59. The Morgan fingerprint density at radius 1 is 1.22 bits per heavy atom. The Morgan fingerprint density at radius 2 is 1.83 bits per heavy atom. The molecule has 0 heterocycles. The van der Waals surface area contributed by atoms with Gasteiger partial charge in [0.05, 0.1) is 5.75 Å². The molecule has 1 atom stereocenters. The molecule has 0 saturated heterocycles. The molecule has 0 aliphatic rings. The summed E-state index contributed by atoms with van der Waals surface area (Å²) in [6, 6.07) is 8.53. The molecule has 0 bridgehead atoms. The van der Waals surface area contributed by atoms with Gasteiger partial charge in [-0.05, 0) is 26.0 Å². The molecule has 102 valence electrons. The largest absolute Gasteiger partial charge is 0.309 e. The molecule has 0 fully saturated rings. The minimum Gasteiger partial charge on any atom is -0.309 e. The van der Waals surface area contributed by atoms with Gasteiger partial charge in [0.25, 0.3) is 0 Å². The zero-order valence-electron chi connectivity index (χ0n) is 11.2. The molecule has 0 spiro atoms. The van der Waals surface area contributed by atoms with E-state index in [-0.39, 0.29) is 11.8 Å². The molecule has 0 amide bonds. The standard InChI is InChI=1S/C13H22N2O2S/c1-4-13(12-7-5-11(2)6-8-12)15-9-10-18(16,17)14-3/h5-8,13-15H,4,9-10H2,1-3H3. The van der Waals surface area contributed by atoms with Crippen molar-refractivity contribution >= 4 is 10.0 Å². The summed E-state index contributed by atoms with van der Waals surface area (Å²) in [5.74, 6) is 0.103. The zero-order valence-corrected chi connectivity index (χ0v) is 12.0. The molecule has 0 aromatic heterocycles. The highest BCUT2D eigenvalue weighted by Crippen LogP contribution is 2.16. The Morgan fingerprint density at radius 3 is 2.33 bits per heavy atom. The summed E-state index contributed by atoms with van der Waals surface area (Å²) < 4.78 is 24.9. The molecule has 1 unspecified atom stereocenters. The van der Waals surface area contributed by atoms with Crippen LogP contribution in [0.25, 0.3) is 0 Å². The van der Waals surface area contributed by atoms with Crippen LogP contribution in [-0.4, -0.2) is 27.8 Å². The highest BCUT2D eigenvalue weighted by molar-refractivity contribution is 7.89. The Bertz CT molecular complexity index is 454. The van der Waals surface area contributed by atoms with E-state index in [1.54, 1.807) is 0 Å². The van der Waals surface area contributed by atoms with E-state index in [2.05, 4.69) is 48.2 Å². The van der Waals surface area contributed by atoms with Crippen molar-refractivity contribution < 1.29 is 8.42 Å². The third kappa shape index (κ3) is 4.76. The second-order valence-electron chi connectivity index (χ2n) is 4.35. The van der Waals surface area contributed by atoms with Crippen molar-refractivity contribution in [1.29, 1.82) is 0 Å². The Labute approximate surface area is 110 Å². The first-order chi connectivity index (χ1) is 8.48. The van der Waals surface area contributed by atoms with E-state index >= 15 is 0 Å². The molecule has 4 nitrogen and oxygen atoms in total. The molecule has 1 rings (SSSR count). The van der Waals surface area contributed by atoms with Gasteiger partial charge in [0.15, 0.2) is 0 Å². The normalized spacial score (nSPS) is 13.5. The van der Waals surface area contributed by atoms with Gasteiger partial charge < -0.3 is 5.32 Å². The third-order valence-corrected chi connectivity index (χ3v) is 4.32. The van der Waals surface area contributed by atoms with Crippen molar-refractivity contribution in [3.63, 3.8) is 0 Å². The molecular formula is C13H22N2O2S. The second kappa shape index (κ2) is 6.87. The summed E-state index contributed by atoms with van der Waals surface area (Å²) >= 11 is 0. The van der Waals surface area contributed by atoms with Gasteiger partial charge >= 0.3 is 0 Å². The van der Waals surface area contributed by atoms with E-state index < -0.39 is 10.0 Å². The number of hydrogen-bond acceptors (Lipinski definition) is 3. The lowest BCUT2D eigenvalue weighted by Crippen LogP contribution is -2.31. The Hall–Kier alpha value is -0.910. The lowest BCUT2D eigenvalue weighted by molar-refractivity contribution is 0.530. The molecule has 0 radical (unpaired) electrons. The average molecular weight is 270 g/mol. The van der Waals surface area contributed by atoms with Crippen molar-refractivity contribution in [3.05, 3.63) is 35.4 Å². The van der Waals surface area contributed by atoms with Crippen LogP contribution in [0, 0.1) is 6.92 Å². The van der Waals surface area contributed by atoms with Gasteiger partial charge in [-0.25, -0.2) is 13.1 Å². The van der Waals surface area contributed by atoms with Crippen LogP contribution in [0.5, 0.6) is 0 Å². The van der Waals surface area contributed by atoms with Crippen LogP contribution in [0.3, 0.4) is 0 Å². The first-order valence-corrected chi connectivity index (χ1v) is 7.85. The van der Waals surface area contributed by atoms with Gasteiger partial charge in [-0.15, -0.1) is 0 Å². The van der Waals surface area contributed by atoms with Crippen molar-refractivity contribution in [2.24, 2.45) is 0 Å². The highest BCUT2D eigenvalue weighted by atomic mass is 32.2. The van der Waals surface area contributed by atoms with Crippen LogP contribution in [0.1, 0.15) is 30.5 Å². The molecule has 1 aromatic carbocycles. The molecule has 5 heteroatoms. The van der Waals surface area contributed by atoms with Crippen LogP contribution >= 0.6 is 0 Å². The van der Waals surface area contributed by atoms with Gasteiger partial charge in [-0.1, -0.05) is 36.8 Å². The zero-order chi connectivity index (χ0) is 13.6. The quantitative estimate of drug-likeness (QED) is 0.791. The maximum Gasteiger partial charge on any atom is 0.212 e. The summed E-state index contributed by atoms with van der Waals surface area (Å²) in [5.41, 5.74) is 2.43. The van der Waals surface area contributed by atoms with E-state index in [1.807, 2.05) is 0 Å². The van der Waals surface area contributed by atoms with Crippen molar-refractivity contribution in [1.82, 2.24) is 10.0 Å². The number of nitrogens with one attached hydrogen (secondary N) is 2. The van der Waals surface area contributed by atoms with E-state index in [0.29, 0.717) is 6.54 Å². The summed E-state index contributed by atoms with van der Waals surface area (Å²) in [5, 5.41) is 3.28. The monoisotopic (exact) mass is 270 g/mol. The topological polar surface area (TPSA) is 58.2 Å². The number of aryl methyl sites for hydroxylation is 1. The first-order valence-electron chi connectivity index (χ1n) is 6.19. The van der Waals surface area contributed by atoms with Crippen LogP contribution in [0.2, 0.25) is 0 Å². The van der Waals surface area contributed by atoms with E-state index in [9.17, 15) is 8.42 Å². The van der Waals surface area contributed by atoms with Gasteiger partial charge in [0.2, 0.25) is 10.0 Å². The number of rotatable bonds is 7. The fourth-order valence-corrected chi connectivity index (χ4v) is 2.36. The first kappa shape index (κ1) is 15.1. The van der Waals surface area contributed by atoms with Gasteiger partial charge in [-0.2, -0.15) is 0 Å². The van der Waals surface area contributed by atoms with Gasteiger partial charge in [-0.3, -0.25) is 0 Å². The van der Waals surface area contributed by atoms with E-state index in [0.717, 1.165) is 6.42 Å². The molecule has 1 aromatic rings. The number of hydrogen-bond donors (Lipinski definition) is 2. The van der Waals surface area contributed by atoms with Crippen LogP contribution in [0.4, 0.5) is 0 Å². The summed E-state index contributed by atoms with van der Waals surface area (Å²) in [7, 11) is -1.69. The van der Waals surface area contributed by atoms with Crippen LogP contribution < -0.4 is 10.0 Å².